The first-order valence-corrected chi connectivity index (χ1v) is 8.03. The van der Waals surface area contributed by atoms with E-state index in [0.717, 1.165) is 24.4 Å². The molecule has 2 unspecified atom stereocenters. The van der Waals surface area contributed by atoms with Crippen LogP contribution >= 0.6 is 0 Å². The van der Waals surface area contributed by atoms with E-state index in [0.29, 0.717) is 11.7 Å². The minimum Gasteiger partial charge on any atom is -0.457 e. The van der Waals surface area contributed by atoms with Crippen LogP contribution in [0.2, 0.25) is 0 Å². The molecule has 0 bridgehead atoms. The molecule has 3 rings (SSSR count). The Morgan fingerprint density at radius 1 is 1.04 bits per heavy atom. The number of nitrogens with one attached hydrogen (secondary N) is 1. The minimum atomic E-state index is -0.267. The molecule has 4 heteroatoms. The number of rotatable bonds is 5. The lowest BCUT2D eigenvalue weighted by molar-refractivity contribution is 0.0408. The Hall–Kier alpha value is -1.91. The molecule has 0 radical (unpaired) electrons. The van der Waals surface area contributed by atoms with Crippen LogP contribution in [0, 0.1) is 11.7 Å². The van der Waals surface area contributed by atoms with Gasteiger partial charge in [0.1, 0.15) is 17.3 Å². The summed E-state index contributed by atoms with van der Waals surface area (Å²) >= 11 is 0. The number of piperidine rings is 1. The molecule has 0 amide bonds. The van der Waals surface area contributed by atoms with Crippen molar-refractivity contribution in [3.8, 4) is 11.5 Å². The summed E-state index contributed by atoms with van der Waals surface area (Å²) in [4.78, 5) is 0. The molecular formula is C19H22FNO2. The Morgan fingerprint density at radius 2 is 1.70 bits per heavy atom. The summed E-state index contributed by atoms with van der Waals surface area (Å²) in [6, 6.07) is 14.0. The third kappa shape index (κ3) is 4.09. The maximum Gasteiger partial charge on any atom is 0.127 e. The average Bonchev–Trinajstić information content (AvgIpc) is 2.60. The second kappa shape index (κ2) is 7.57. The first-order chi connectivity index (χ1) is 11.3. The van der Waals surface area contributed by atoms with Crippen LogP contribution < -0.4 is 10.1 Å². The summed E-state index contributed by atoms with van der Waals surface area (Å²) in [5, 5.41) is 3.43. The third-order valence-electron chi connectivity index (χ3n) is 4.28. The van der Waals surface area contributed by atoms with Crippen molar-refractivity contribution in [3.63, 3.8) is 0 Å². The molecule has 122 valence electrons. The molecule has 0 saturated carbocycles. The lowest BCUT2D eigenvalue weighted by atomic mass is 9.89. The molecule has 1 fully saturated rings. The van der Waals surface area contributed by atoms with Crippen molar-refractivity contribution in [2.24, 2.45) is 5.92 Å². The van der Waals surface area contributed by atoms with Crippen molar-refractivity contribution in [2.45, 2.75) is 18.9 Å². The van der Waals surface area contributed by atoms with Crippen molar-refractivity contribution in [3.05, 3.63) is 59.9 Å². The lowest BCUT2D eigenvalue weighted by Crippen LogP contribution is -2.33. The topological polar surface area (TPSA) is 30.5 Å². The fourth-order valence-electron chi connectivity index (χ4n) is 3.10. The quantitative estimate of drug-likeness (QED) is 0.892. The van der Waals surface area contributed by atoms with Gasteiger partial charge in [-0.15, -0.1) is 0 Å². The van der Waals surface area contributed by atoms with E-state index < -0.39 is 0 Å². The molecule has 1 N–H and O–H groups in total. The van der Waals surface area contributed by atoms with E-state index >= 15 is 0 Å². The largest absolute Gasteiger partial charge is 0.457 e. The van der Waals surface area contributed by atoms with Crippen LogP contribution in [0.4, 0.5) is 4.39 Å². The van der Waals surface area contributed by atoms with E-state index in [1.165, 1.54) is 25.0 Å². The third-order valence-corrected chi connectivity index (χ3v) is 4.28. The summed E-state index contributed by atoms with van der Waals surface area (Å²) in [5.74, 6) is 1.59. The predicted molar refractivity (Wildman–Crippen MR) is 88.3 cm³/mol. The maximum atomic E-state index is 12.9. The number of benzene rings is 2. The second-order valence-corrected chi connectivity index (χ2v) is 5.89. The van der Waals surface area contributed by atoms with Crippen LogP contribution in [0.5, 0.6) is 11.5 Å². The normalized spacial score (nSPS) is 19.3. The van der Waals surface area contributed by atoms with Crippen molar-refractivity contribution < 1.29 is 13.9 Å². The molecular weight excluding hydrogens is 293 g/mol. The zero-order valence-electron chi connectivity index (χ0n) is 13.3. The van der Waals surface area contributed by atoms with Gasteiger partial charge in [-0.25, -0.2) is 4.39 Å². The Bertz CT molecular complexity index is 606. The smallest absolute Gasteiger partial charge is 0.127 e. The number of hydrogen-bond donors (Lipinski definition) is 1. The Kier molecular flexibility index (Phi) is 5.26. The standard InChI is InChI=1S/C19H22FNO2/c1-22-19(15-3-2-12-21-13-15)14-4-8-17(9-5-14)23-18-10-6-16(20)7-11-18/h4-11,15,19,21H,2-3,12-13H2,1H3. The molecule has 2 aromatic rings. The van der Waals surface area contributed by atoms with Gasteiger partial charge >= 0.3 is 0 Å². The van der Waals surface area contributed by atoms with Gasteiger partial charge < -0.3 is 14.8 Å². The van der Waals surface area contributed by atoms with Gasteiger partial charge in [0.25, 0.3) is 0 Å². The van der Waals surface area contributed by atoms with Gasteiger partial charge in [-0.3, -0.25) is 0 Å². The van der Waals surface area contributed by atoms with Gasteiger partial charge in [0, 0.05) is 19.6 Å². The SMILES string of the molecule is COC(c1ccc(Oc2ccc(F)cc2)cc1)C1CCCNC1. The first-order valence-electron chi connectivity index (χ1n) is 8.03. The van der Waals surface area contributed by atoms with E-state index in [2.05, 4.69) is 5.32 Å². The second-order valence-electron chi connectivity index (χ2n) is 5.89. The van der Waals surface area contributed by atoms with Gasteiger partial charge in [0.05, 0.1) is 6.10 Å². The molecule has 2 aromatic carbocycles. The van der Waals surface area contributed by atoms with Crippen LogP contribution in [0.15, 0.2) is 48.5 Å². The highest BCUT2D eigenvalue weighted by atomic mass is 19.1. The molecule has 23 heavy (non-hydrogen) atoms. The van der Waals surface area contributed by atoms with Crippen molar-refractivity contribution in [1.29, 1.82) is 0 Å². The highest BCUT2D eigenvalue weighted by Crippen LogP contribution is 2.31. The lowest BCUT2D eigenvalue weighted by Gasteiger charge is -2.30. The van der Waals surface area contributed by atoms with Gasteiger partial charge in [-0.1, -0.05) is 12.1 Å². The molecule has 0 aromatic heterocycles. The predicted octanol–water partition coefficient (Wildman–Crippen LogP) is 4.31. The van der Waals surface area contributed by atoms with Gasteiger partial charge in [-0.2, -0.15) is 0 Å². The van der Waals surface area contributed by atoms with Crippen LogP contribution in [0.1, 0.15) is 24.5 Å². The van der Waals surface area contributed by atoms with E-state index in [4.69, 9.17) is 9.47 Å². The van der Waals surface area contributed by atoms with E-state index in [-0.39, 0.29) is 11.9 Å². The fourth-order valence-corrected chi connectivity index (χ4v) is 3.10. The Labute approximate surface area is 136 Å². The molecule has 1 aliphatic heterocycles. The van der Waals surface area contributed by atoms with Gasteiger partial charge in [-0.05, 0) is 61.3 Å². The minimum absolute atomic E-state index is 0.0997. The highest BCUT2D eigenvalue weighted by molar-refractivity contribution is 5.34. The molecule has 3 nitrogen and oxygen atoms in total. The van der Waals surface area contributed by atoms with Crippen LogP contribution in [0.25, 0.3) is 0 Å². The molecule has 1 heterocycles. The Balaban J connectivity index is 1.68. The van der Waals surface area contributed by atoms with Crippen LogP contribution in [-0.4, -0.2) is 20.2 Å². The maximum absolute atomic E-state index is 12.9. The number of hydrogen-bond acceptors (Lipinski definition) is 3. The summed E-state index contributed by atoms with van der Waals surface area (Å²) < 4.78 is 24.4. The summed E-state index contributed by atoms with van der Waals surface area (Å²) in [6.07, 6.45) is 2.47. The zero-order valence-corrected chi connectivity index (χ0v) is 13.3. The van der Waals surface area contributed by atoms with E-state index in [1.807, 2.05) is 24.3 Å². The average molecular weight is 315 g/mol. The molecule has 0 aliphatic carbocycles. The van der Waals surface area contributed by atoms with Crippen molar-refractivity contribution in [2.75, 3.05) is 20.2 Å². The number of ether oxygens (including phenoxy) is 2. The molecule has 1 aliphatic rings. The Morgan fingerprint density at radius 3 is 2.26 bits per heavy atom. The highest BCUT2D eigenvalue weighted by Gasteiger charge is 2.24. The number of methoxy groups -OCH3 is 1. The van der Waals surface area contributed by atoms with Crippen LogP contribution in [0.3, 0.4) is 0 Å². The van der Waals surface area contributed by atoms with Gasteiger partial charge in [0.15, 0.2) is 0 Å². The fraction of sp³-hybridized carbons (Fsp3) is 0.368. The monoisotopic (exact) mass is 315 g/mol. The van der Waals surface area contributed by atoms with E-state index in [1.54, 1.807) is 19.2 Å². The molecule has 1 saturated heterocycles. The van der Waals surface area contributed by atoms with Crippen molar-refractivity contribution >= 4 is 0 Å². The number of halogens is 1. The summed E-state index contributed by atoms with van der Waals surface area (Å²) in [6.45, 7) is 2.09. The first kappa shape index (κ1) is 16.0. The summed E-state index contributed by atoms with van der Waals surface area (Å²) in [5.41, 5.74) is 1.16. The summed E-state index contributed by atoms with van der Waals surface area (Å²) in [7, 11) is 1.77. The van der Waals surface area contributed by atoms with Crippen molar-refractivity contribution in [1.82, 2.24) is 5.32 Å². The van der Waals surface area contributed by atoms with E-state index in [9.17, 15) is 4.39 Å². The van der Waals surface area contributed by atoms with Gasteiger partial charge in [0.2, 0.25) is 0 Å². The zero-order chi connectivity index (χ0) is 16.1. The van der Waals surface area contributed by atoms with Crippen LogP contribution in [-0.2, 0) is 4.74 Å². The molecule has 0 spiro atoms. The molecule has 2 atom stereocenters.